The molecule has 2 aromatic rings. The van der Waals surface area contributed by atoms with Crippen LogP contribution in [-0.4, -0.2) is 22.1 Å². The van der Waals surface area contributed by atoms with Gasteiger partial charge in [-0.3, -0.25) is 4.79 Å². The second-order valence-corrected chi connectivity index (χ2v) is 7.00. The zero-order chi connectivity index (χ0) is 14.3. The molecule has 0 radical (unpaired) electrons. The van der Waals surface area contributed by atoms with Crippen molar-refractivity contribution in [3.63, 3.8) is 0 Å². The fourth-order valence-corrected chi connectivity index (χ4v) is 3.80. The maximum Gasteiger partial charge on any atom is 0.263 e. The number of nitrogens with zero attached hydrogens (tertiary/aromatic N) is 2. The van der Waals surface area contributed by atoms with Crippen LogP contribution in [0, 0.1) is 5.41 Å². The number of nitrogens with one attached hydrogen (secondary N) is 1. The molecule has 1 amide bonds. The highest BCUT2D eigenvalue weighted by molar-refractivity contribution is 7.21. The standard InChI is InChI=1S/C14H18N4OS/c1-14(2)6-3-4-9(14)17-12(19)11-10(15)8-5-7-16-18-13(8)20-11/h5,7,9H,3-4,6,15H2,1-2H3,(H,17,19). The fraction of sp³-hybridized carbons (Fsp3) is 0.500. The fourth-order valence-electron chi connectivity index (χ4n) is 2.86. The molecule has 0 aliphatic heterocycles. The first kappa shape index (κ1) is 13.3. The van der Waals surface area contributed by atoms with Crippen molar-refractivity contribution in [2.24, 2.45) is 5.41 Å². The molecular weight excluding hydrogens is 272 g/mol. The predicted octanol–water partition coefficient (Wildman–Crippen LogP) is 2.58. The van der Waals surface area contributed by atoms with E-state index in [0.717, 1.165) is 24.6 Å². The summed E-state index contributed by atoms with van der Waals surface area (Å²) in [4.78, 5) is 13.7. The molecule has 6 heteroatoms. The highest BCUT2D eigenvalue weighted by Gasteiger charge is 2.36. The number of amides is 1. The third-order valence-corrected chi connectivity index (χ3v) is 5.29. The molecule has 1 atom stereocenters. The minimum absolute atomic E-state index is 0.0922. The third-order valence-electron chi connectivity index (χ3n) is 4.19. The SMILES string of the molecule is CC1(C)CCCC1NC(=O)c1sc2nnccc2c1N. The van der Waals surface area contributed by atoms with E-state index in [2.05, 4.69) is 29.4 Å². The normalized spacial score (nSPS) is 21.2. The number of hydrogen-bond acceptors (Lipinski definition) is 5. The summed E-state index contributed by atoms with van der Waals surface area (Å²) in [7, 11) is 0. The lowest BCUT2D eigenvalue weighted by atomic mass is 9.87. The third kappa shape index (κ3) is 2.14. The summed E-state index contributed by atoms with van der Waals surface area (Å²) in [5.41, 5.74) is 6.72. The molecule has 3 N–H and O–H groups in total. The minimum Gasteiger partial charge on any atom is -0.397 e. The zero-order valence-corrected chi connectivity index (χ0v) is 12.5. The number of fused-ring (bicyclic) bond motifs is 1. The molecule has 1 fully saturated rings. The van der Waals surface area contributed by atoms with E-state index in [1.54, 1.807) is 12.3 Å². The lowest BCUT2D eigenvalue weighted by Crippen LogP contribution is -2.41. The number of carbonyl (C=O) groups excluding carboxylic acids is 1. The van der Waals surface area contributed by atoms with Gasteiger partial charge in [0.15, 0.2) is 0 Å². The Morgan fingerprint density at radius 2 is 2.35 bits per heavy atom. The molecule has 2 heterocycles. The van der Waals surface area contributed by atoms with E-state index in [1.807, 2.05) is 0 Å². The smallest absolute Gasteiger partial charge is 0.263 e. The van der Waals surface area contributed by atoms with Crippen molar-refractivity contribution in [1.29, 1.82) is 0 Å². The largest absolute Gasteiger partial charge is 0.397 e. The Hall–Kier alpha value is -1.69. The Morgan fingerprint density at radius 3 is 3.00 bits per heavy atom. The Labute approximate surface area is 121 Å². The molecule has 20 heavy (non-hydrogen) atoms. The lowest BCUT2D eigenvalue weighted by molar-refractivity contribution is 0.0915. The van der Waals surface area contributed by atoms with Crippen LogP contribution in [0.15, 0.2) is 12.3 Å². The lowest BCUT2D eigenvalue weighted by Gasteiger charge is -2.27. The van der Waals surface area contributed by atoms with Gasteiger partial charge in [0.1, 0.15) is 9.71 Å². The molecule has 5 nitrogen and oxygen atoms in total. The maximum atomic E-state index is 12.5. The predicted molar refractivity (Wildman–Crippen MR) is 80.7 cm³/mol. The summed E-state index contributed by atoms with van der Waals surface area (Å²) >= 11 is 1.30. The van der Waals surface area contributed by atoms with Crippen molar-refractivity contribution in [2.45, 2.75) is 39.2 Å². The van der Waals surface area contributed by atoms with Crippen LogP contribution < -0.4 is 11.1 Å². The molecule has 0 bridgehead atoms. The number of rotatable bonds is 2. The van der Waals surface area contributed by atoms with Crippen molar-refractivity contribution >= 4 is 33.1 Å². The average Bonchev–Trinajstić information content (AvgIpc) is 2.91. The minimum atomic E-state index is -0.0922. The summed E-state index contributed by atoms with van der Waals surface area (Å²) in [6, 6.07) is 2.01. The van der Waals surface area contributed by atoms with Crippen molar-refractivity contribution in [2.75, 3.05) is 5.73 Å². The first-order chi connectivity index (χ1) is 9.49. The molecule has 3 rings (SSSR count). The zero-order valence-electron chi connectivity index (χ0n) is 11.6. The van der Waals surface area contributed by atoms with E-state index in [0.29, 0.717) is 15.4 Å². The van der Waals surface area contributed by atoms with Crippen molar-refractivity contribution in [1.82, 2.24) is 15.5 Å². The van der Waals surface area contributed by atoms with Gasteiger partial charge in [-0.1, -0.05) is 20.3 Å². The number of carbonyl (C=O) groups is 1. The van der Waals surface area contributed by atoms with E-state index in [4.69, 9.17) is 5.73 Å². The van der Waals surface area contributed by atoms with Crippen LogP contribution in [0.3, 0.4) is 0 Å². The van der Waals surface area contributed by atoms with Crippen molar-refractivity contribution < 1.29 is 4.79 Å². The Balaban J connectivity index is 1.88. The number of thiophene rings is 1. The van der Waals surface area contributed by atoms with Crippen LogP contribution in [-0.2, 0) is 0 Å². The van der Waals surface area contributed by atoms with Gasteiger partial charge in [-0.05, 0) is 24.3 Å². The summed E-state index contributed by atoms with van der Waals surface area (Å²) in [6.45, 7) is 4.40. The number of hydrogen-bond donors (Lipinski definition) is 2. The molecule has 1 unspecified atom stereocenters. The van der Waals surface area contributed by atoms with Gasteiger partial charge in [-0.2, -0.15) is 5.10 Å². The second kappa shape index (κ2) is 4.70. The average molecular weight is 290 g/mol. The van der Waals surface area contributed by atoms with Crippen LogP contribution in [0.2, 0.25) is 0 Å². The Kier molecular flexibility index (Phi) is 3.12. The molecule has 1 aliphatic carbocycles. The van der Waals surface area contributed by atoms with Crippen LogP contribution in [0.5, 0.6) is 0 Å². The molecule has 0 saturated heterocycles. The van der Waals surface area contributed by atoms with E-state index < -0.39 is 0 Å². The topological polar surface area (TPSA) is 80.9 Å². The van der Waals surface area contributed by atoms with Crippen molar-refractivity contribution in [3.05, 3.63) is 17.1 Å². The van der Waals surface area contributed by atoms with Gasteiger partial charge in [-0.15, -0.1) is 16.4 Å². The molecular formula is C14H18N4OS. The first-order valence-corrected chi connectivity index (χ1v) is 7.61. The van der Waals surface area contributed by atoms with Crippen LogP contribution >= 0.6 is 11.3 Å². The van der Waals surface area contributed by atoms with Gasteiger partial charge in [0, 0.05) is 11.4 Å². The molecule has 0 spiro atoms. The quantitative estimate of drug-likeness (QED) is 0.890. The van der Waals surface area contributed by atoms with E-state index >= 15 is 0 Å². The monoisotopic (exact) mass is 290 g/mol. The molecule has 106 valence electrons. The second-order valence-electron chi connectivity index (χ2n) is 6.00. The van der Waals surface area contributed by atoms with Gasteiger partial charge in [0.25, 0.3) is 5.91 Å². The molecule has 2 aromatic heterocycles. The van der Waals surface area contributed by atoms with Crippen LogP contribution in [0.1, 0.15) is 42.8 Å². The van der Waals surface area contributed by atoms with Gasteiger partial charge in [-0.25, -0.2) is 0 Å². The first-order valence-electron chi connectivity index (χ1n) is 6.79. The van der Waals surface area contributed by atoms with E-state index in [1.165, 1.54) is 11.3 Å². The van der Waals surface area contributed by atoms with Crippen molar-refractivity contribution in [3.8, 4) is 0 Å². The molecule has 1 aliphatic rings. The van der Waals surface area contributed by atoms with Crippen LogP contribution in [0.4, 0.5) is 5.69 Å². The van der Waals surface area contributed by atoms with Gasteiger partial charge in [0.2, 0.25) is 0 Å². The van der Waals surface area contributed by atoms with E-state index in [-0.39, 0.29) is 17.4 Å². The Bertz CT molecular complexity index is 664. The summed E-state index contributed by atoms with van der Waals surface area (Å²) in [6.07, 6.45) is 4.92. The highest BCUT2D eigenvalue weighted by atomic mass is 32.1. The van der Waals surface area contributed by atoms with Gasteiger partial charge < -0.3 is 11.1 Å². The van der Waals surface area contributed by atoms with Crippen LogP contribution in [0.25, 0.3) is 10.2 Å². The summed E-state index contributed by atoms with van der Waals surface area (Å²) in [5.74, 6) is -0.0922. The molecule has 1 saturated carbocycles. The molecule has 0 aromatic carbocycles. The van der Waals surface area contributed by atoms with E-state index in [9.17, 15) is 4.79 Å². The summed E-state index contributed by atoms with van der Waals surface area (Å²) < 4.78 is 0. The number of nitrogen functional groups attached to an aromatic ring is 1. The number of anilines is 1. The number of aromatic nitrogens is 2. The maximum absolute atomic E-state index is 12.5. The summed E-state index contributed by atoms with van der Waals surface area (Å²) in [5, 5.41) is 11.8. The van der Waals surface area contributed by atoms with Gasteiger partial charge >= 0.3 is 0 Å². The number of nitrogens with two attached hydrogens (primary N) is 1. The Morgan fingerprint density at radius 1 is 1.55 bits per heavy atom. The van der Waals surface area contributed by atoms with Gasteiger partial charge in [0.05, 0.1) is 11.9 Å². The highest BCUT2D eigenvalue weighted by Crippen LogP contribution is 2.38.